The fourth-order valence-corrected chi connectivity index (χ4v) is 22.5. The van der Waals surface area contributed by atoms with Gasteiger partial charge in [-0.25, -0.2) is 0 Å². The SMILES string of the molecule is CC1=C(C)C(C)([Si](CC(C)C)(c2ccccc2)c2cc(C)cc([Si](C)(C)C)c2)[C]([Ti]([CH3])([CH3])[CH3])=C1C. The third-order valence-electron chi connectivity index (χ3n) is 8.77. The van der Waals surface area contributed by atoms with E-state index in [2.05, 4.69) is 132 Å². The Morgan fingerprint density at radius 2 is 1.31 bits per heavy atom. The van der Waals surface area contributed by atoms with Gasteiger partial charge < -0.3 is 0 Å². The van der Waals surface area contributed by atoms with E-state index >= 15 is 0 Å². The Morgan fingerprint density at radius 3 is 1.80 bits per heavy atom. The second-order valence-corrected chi connectivity index (χ2v) is 31.1. The fraction of sp³-hybridized carbons (Fsp3) is 0.500. The van der Waals surface area contributed by atoms with Crippen LogP contribution in [0.25, 0.3) is 0 Å². The second-order valence-electron chi connectivity index (χ2n) is 13.8. The topological polar surface area (TPSA) is 0 Å². The zero-order valence-electron chi connectivity index (χ0n) is 24.9. The van der Waals surface area contributed by atoms with Crippen LogP contribution in [0.3, 0.4) is 0 Å². The Balaban J connectivity index is 2.60. The van der Waals surface area contributed by atoms with Crippen molar-refractivity contribution in [3.05, 3.63) is 74.7 Å². The Morgan fingerprint density at radius 1 is 0.771 bits per heavy atom. The van der Waals surface area contributed by atoms with E-state index in [0.717, 1.165) is 0 Å². The van der Waals surface area contributed by atoms with Crippen LogP contribution in [0.5, 0.6) is 0 Å². The van der Waals surface area contributed by atoms with Gasteiger partial charge in [0.05, 0.1) is 0 Å². The standard InChI is InChI=1S/C29H41Si2.3CH3.Ti/c1-21(2)20-31(26-14-12-11-13-15-26,29(7)19-23(4)24(5)25(29)6)28-17-22(3)16-27(18-28)30(8,9)10;;;;/h11-18,21H,20H2,1-10H3;3*1H3;. The molecule has 2 atom stereocenters. The zero-order chi connectivity index (χ0) is 26.6. The number of hydrogen-bond donors (Lipinski definition) is 0. The quantitative estimate of drug-likeness (QED) is 0.310. The van der Waals surface area contributed by atoms with E-state index in [1.165, 1.54) is 11.6 Å². The third-order valence-corrected chi connectivity index (χ3v) is 21.2. The molecule has 0 saturated carbocycles. The molecule has 0 aliphatic heterocycles. The Labute approximate surface area is 222 Å². The van der Waals surface area contributed by atoms with Crippen LogP contribution < -0.4 is 15.6 Å². The van der Waals surface area contributed by atoms with E-state index in [1.54, 1.807) is 32.3 Å². The third kappa shape index (κ3) is 4.86. The summed E-state index contributed by atoms with van der Waals surface area (Å²) >= 11 is -2.22. The van der Waals surface area contributed by atoms with Crippen molar-refractivity contribution in [2.75, 3.05) is 0 Å². The second kappa shape index (κ2) is 9.75. The van der Waals surface area contributed by atoms with E-state index < -0.39 is 32.7 Å². The molecule has 0 spiro atoms. The molecule has 1 aliphatic rings. The fourth-order valence-electron chi connectivity index (χ4n) is 7.23. The first kappa shape index (κ1) is 28.6. The number of benzene rings is 2. The predicted octanol–water partition coefficient (Wildman–Crippen LogP) is 8.44. The molecular weight excluding hydrogens is 488 g/mol. The van der Waals surface area contributed by atoms with Crippen molar-refractivity contribution in [2.45, 2.75) is 94.9 Å². The van der Waals surface area contributed by atoms with Gasteiger partial charge in [-0.05, 0) is 0 Å². The van der Waals surface area contributed by atoms with Crippen molar-refractivity contribution >= 4 is 31.7 Å². The number of hydrogen-bond acceptors (Lipinski definition) is 0. The Hall–Kier alpha value is -0.932. The number of aryl methyl sites for hydroxylation is 1. The van der Waals surface area contributed by atoms with Crippen LogP contribution in [0.4, 0.5) is 0 Å². The molecule has 0 radical (unpaired) electrons. The molecule has 190 valence electrons. The molecule has 0 saturated heterocycles. The summed E-state index contributed by atoms with van der Waals surface area (Å²) in [7, 11) is -3.78. The molecule has 2 unspecified atom stereocenters. The van der Waals surface area contributed by atoms with Gasteiger partial charge in [-0.3, -0.25) is 0 Å². The van der Waals surface area contributed by atoms with Gasteiger partial charge >= 0.3 is 224 Å². The van der Waals surface area contributed by atoms with E-state index in [4.69, 9.17) is 0 Å². The summed E-state index contributed by atoms with van der Waals surface area (Å²) in [6, 6.07) is 20.8. The van der Waals surface area contributed by atoms with Gasteiger partial charge in [0.15, 0.2) is 0 Å². The summed E-state index contributed by atoms with van der Waals surface area (Å²) in [6.45, 7) is 24.8. The zero-order valence-corrected chi connectivity index (χ0v) is 28.5. The molecule has 2 aromatic carbocycles. The van der Waals surface area contributed by atoms with Crippen LogP contribution in [-0.2, 0) is 16.6 Å². The first-order chi connectivity index (χ1) is 16.0. The van der Waals surface area contributed by atoms with Gasteiger partial charge in [-0.2, -0.15) is 0 Å². The summed E-state index contributed by atoms with van der Waals surface area (Å²) in [5, 5.41) is 12.9. The van der Waals surface area contributed by atoms with Crippen molar-refractivity contribution in [2.24, 2.45) is 5.92 Å². The van der Waals surface area contributed by atoms with Gasteiger partial charge in [0.25, 0.3) is 0 Å². The van der Waals surface area contributed by atoms with Crippen LogP contribution in [0, 0.1) is 12.8 Å². The monoisotopic (exact) mass is 538 g/mol. The summed E-state index contributed by atoms with van der Waals surface area (Å²) in [5.74, 6) is 0.636. The van der Waals surface area contributed by atoms with Gasteiger partial charge in [0.2, 0.25) is 0 Å². The van der Waals surface area contributed by atoms with E-state index in [0.29, 0.717) is 5.92 Å². The predicted molar refractivity (Wildman–Crippen MR) is 162 cm³/mol. The molecule has 0 bridgehead atoms. The van der Waals surface area contributed by atoms with Crippen molar-refractivity contribution in [3.63, 3.8) is 0 Å². The average Bonchev–Trinajstić information content (AvgIpc) is 2.92. The minimum absolute atomic E-state index is 0.107. The van der Waals surface area contributed by atoms with Crippen LogP contribution in [0.1, 0.15) is 47.1 Å². The first-order valence-corrected chi connectivity index (χ1v) is 24.7. The summed E-state index contributed by atoms with van der Waals surface area (Å²) in [5.41, 5.74) is 6.28. The molecule has 3 heteroatoms. The molecule has 0 N–H and O–H groups in total. The van der Waals surface area contributed by atoms with Crippen LogP contribution in [0.15, 0.2) is 69.1 Å². The molecule has 0 aromatic heterocycles. The molecule has 3 rings (SSSR count). The normalized spacial score (nSPS) is 21.2. The summed E-state index contributed by atoms with van der Waals surface area (Å²) in [6.07, 6.45) is 0. The van der Waals surface area contributed by atoms with Crippen LogP contribution in [-0.4, -0.2) is 16.1 Å². The molecule has 0 amide bonds. The van der Waals surface area contributed by atoms with Crippen molar-refractivity contribution in [1.29, 1.82) is 0 Å². The van der Waals surface area contributed by atoms with Crippen molar-refractivity contribution in [1.82, 2.24) is 0 Å². The molecule has 2 aromatic rings. The maximum atomic E-state index is 2.69. The first-order valence-electron chi connectivity index (χ1n) is 13.6. The van der Waals surface area contributed by atoms with Crippen molar-refractivity contribution in [3.8, 4) is 0 Å². The van der Waals surface area contributed by atoms with E-state index in [9.17, 15) is 0 Å². The molecular formula is C32H50Si2Ti. The van der Waals surface area contributed by atoms with Gasteiger partial charge in [-0.15, -0.1) is 0 Å². The molecule has 35 heavy (non-hydrogen) atoms. The Bertz CT molecular complexity index is 1160. The van der Waals surface area contributed by atoms with Crippen LogP contribution in [0.2, 0.25) is 46.4 Å². The summed E-state index contributed by atoms with van der Waals surface area (Å²) < 4.78 is 1.86. The summed E-state index contributed by atoms with van der Waals surface area (Å²) in [4.78, 5) is 0. The average molecular weight is 539 g/mol. The minimum atomic E-state index is -2.31. The van der Waals surface area contributed by atoms with Crippen LogP contribution >= 0.6 is 0 Å². The number of allylic oxidation sites excluding steroid dienone is 4. The van der Waals surface area contributed by atoms with Gasteiger partial charge in [0, 0.05) is 0 Å². The Kier molecular flexibility index (Phi) is 7.97. The maximum absolute atomic E-state index is 2.69. The van der Waals surface area contributed by atoms with Crippen molar-refractivity contribution < 1.29 is 16.6 Å². The van der Waals surface area contributed by atoms with E-state index in [1.807, 2.05) is 3.88 Å². The van der Waals surface area contributed by atoms with E-state index in [-0.39, 0.29) is 5.04 Å². The molecule has 0 heterocycles. The van der Waals surface area contributed by atoms with Gasteiger partial charge in [0.1, 0.15) is 0 Å². The number of rotatable bonds is 7. The van der Waals surface area contributed by atoms with Gasteiger partial charge in [-0.1, -0.05) is 0 Å². The molecule has 1 aliphatic carbocycles. The molecule has 0 fully saturated rings. The molecule has 0 nitrogen and oxygen atoms in total.